The summed E-state index contributed by atoms with van der Waals surface area (Å²) in [7, 11) is 0. The van der Waals surface area contributed by atoms with Crippen LogP contribution in [0.1, 0.15) is 12.5 Å². The lowest BCUT2D eigenvalue weighted by Gasteiger charge is -2.34. The van der Waals surface area contributed by atoms with Gasteiger partial charge in [0, 0.05) is 46.2 Å². The SMILES string of the molecule is CC(=O)N1CCN(CCNc2cnn(Cc3ccccc3)c(=O)c2Cl)CC1. The maximum Gasteiger partial charge on any atom is 0.287 e. The molecule has 0 aliphatic carbocycles. The number of nitrogens with zero attached hydrogens (tertiary/aromatic N) is 4. The van der Waals surface area contributed by atoms with Crippen molar-refractivity contribution in [3.8, 4) is 0 Å². The zero-order valence-corrected chi connectivity index (χ0v) is 16.2. The standard InChI is InChI=1S/C19H24ClN5O2/c1-15(26)24-11-9-23(10-12-24)8-7-21-17-13-22-25(19(27)18(17)20)14-16-5-3-2-4-6-16/h2-6,13,21H,7-12,14H2,1H3. The first kappa shape index (κ1) is 19.4. The van der Waals surface area contributed by atoms with Crippen LogP contribution in [0.4, 0.5) is 5.69 Å². The van der Waals surface area contributed by atoms with E-state index < -0.39 is 0 Å². The van der Waals surface area contributed by atoms with Crippen LogP contribution in [-0.2, 0) is 11.3 Å². The van der Waals surface area contributed by atoms with Gasteiger partial charge in [0.05, 0.1) is 18.4 Å². The van der Waals surface area contributed by atoms with Crippen molar-refractivity contribution in [2.45, 2.75) is 13.5 Å². The van der Waals surface area contributed by atoms with E-state index in [1.165, 1.54) is 4.68 Å². The van der Waals surface area contributed by atoms with Crippen molar-refractivity contribution < 1.29 is 4.79 Å². The smallest absolute Gasteiger partial charge is 0.287 e. The maximum atomic E-state index is 12.4. The number of hydrogen-bond donors (Lipinski definition) is 1. The Morgan fingerprint density at radius 1 is 1.19 bits per heavy atom. The first-order valence-electron chi connectivity index (χ1n) is 9.06. The zero-order valence-electron chi connectivity index (χ0n) is 15.4. The second-order valence-corrected chi connectivity index (χ2v) is 6.97. The first-order valence-corrected chi connectivity index (χ1v) is 9.43. The Morgan fingerprint density at radius 2 is 1.89 bits per heavy atom. The molecule has 8 heteroatoms. The van der Waals surface area contributed by atoms with Gasteiger partial charge in [0.15, 0.2) is 0 Å². The molecule has 2 heterocycles. The van der Waals surface area contributed by atoms with E-state index in [2.05, 4.69) is 15.3 Å². The zero-order chi connectivity index (χ0) is 19.2. The van der Waals surface area contributed by atoms with Crippen LogP contribution in [0, 0.1) is 0 Å². The number of aromatic nitrogens is 2. The minimum absolute atomic E-state index is 0.127. The van der Waals surface area contributed by atoms with Gasteiger partial charge >= 0.3 is 0 Å². The third-order valence-corrected chi connectivity index (χ3v) is 5.09. The normalized spacial score (nSPS) is 15.0. The number of carbonyl (C=O) groups is 1. The average molecular weight is 390 g/mol. The molecule has 0 radical (unpaired) electrons. The molecule has 0 bridgehead atoms. The number of piperazine rings is 1. The summed E-state index contributed by atoms with van der Waals surface area (Å²) in [5.41, 5.74) is 1.24. The molecule has 0 spiro atoms. The molecule has 1 amide bonds. The van der Waals surface area contributed by atoms with Crippen molar-refractivity contribution >= 4 is 23.2 Å². The number of rotatable bonds is 6. The predicted octanol–water partition coefficient (Wildman–Crippen LogP) is 1.52. The fourth-order valence-corrected chi connectivity index (χ4v) is 3.31. The molecule has 1 aromatic carbocycles. The molecule has 1 aliphatic rings. The third kappa shape index (κ3) is 5.08. The minimum atomic E-state index is -0.305. The van der Waals surface area contributed by atoms with Gasteiger partial charge in [-0.3, -0.25) is 14.5 Å². The van der Waals surface area contributed by atoms with Crippen LogP contribution in [0.5, 0.6) is 0 Å². The Balaban J connectivity index is 1.53. The topological polar surface area (TPSA) is 70.5 Å². The monoisotopic (exact) mass is 389 g/mol. The molecule has 3 rings (SSSR count). The lowest BCUT2D eigenvalue weighted by Crippen LogP contribution is -2.49. The number of halogens is 1. The van der Waals surface area contributed by atoms with Gasteiger partial charge in [0.2, 0.25) is 5.91 Å². The van der Waals surface area contributed by atoms with Crippen molar-refractivity contribution in [2.24, 2.45) is 0 Å². The molecule has 7 nitrogen and oxygen atoms in total. The fraction of sp³-hybridized carbons (Fsp3) is 0.421. The van der Waals surface area contributed by atoms with Gasteiger partial charge in [-0.25, -0.2) is 4.68 Å². The van der Waals surface area contributed by atoms with Gasteiger partial charge in [-0.15, -0.1) is 0 Å². The Kier molecular flexibility index (Phi) is 6.47. The number of amides is 1. The molecular weight excluding hydrogens is 366 g/mol. The Labute approximate surface area is 163 Å². The second-order valence-electron chi connectivity index (χ2n) is 6.60. The van der Waals surface area contributed by atoms with E-state index in [1.807, 2.05) is 35.2 Å². The van der Waals surface area contributed by atoms with E-state index in [4.69, 9.17) is 11.6 Å². The molecule has 1 aliphatic heterocycles. The summed E-state index contributed by atoms with van der Waals surface area (Å²) in [6.07, 6.45) is 1.60. The highest BCUT2D eigenvalue weighted by molar-refractivity contribution is 6.32. The van der Waals surface area contributed by atoms with Crippen LogP contribution >= 0.6 is 11.6 Å². The quantitative estimate of drug-likeness (QED) is 0.811. The van der Waals surface area contributed by atoms with Gasteiger partial charge in [0.1, 0.15) is 5.02 Å². The number of benzene rings is 1. The lowest BCUT2D eigenvalue weighted by molar-refractivity contribution is -0.130. The largest absolute Gasteiger partial charge is 0.381 e. The van der Waals surface area contributed by atoms with Crippen LogP contribution in [0.15, 0.2) is 41.3 Å². The van der Waals surface area contributed by atoms with E-state index in [0.717, 1.165) is 38.3 Å². The van der Waals surface area contributed by atoms with Crippen LogP contribution in [0.3, 0.4) is 0 Å². The summed E-state index contributed by atoms with van der Waals surface area (Å²) < 4.78 is 1.36. The summed E-state index contributed by atoms with van der Waals surface area (Å²) in [6.45, 7) is 6.68. The third-order valence-electron chi connectivity index (χ3n) is 4.72. The minimum Gasteiger partial charge on any atom is -0.381 e. The highest BCUT2D eigenvalue weighted by Crippen LogP contribution is 2.15. The number of carbonyl (C=O) groups excluding carboxylic acids is 1. The average Bonchev–Trinajstić information content (AvgIpc) is 2.68. The van der Waals surface area contributed by atoms with Gasteiger partial charge in [-0.05, 0) is 5.56 Å². The van der Waals surface area contributed by atoms with Crippen molar-refractivity contribution in [2.75, 3.05) is 44.6 Å². The Hall–Kier alpha value is -2.38. The van der Waals surface area contributed by atoms with Crippen LogP contribution in [0.2, 0.25) is 5.02 Å². The number of nitrogens with one attached hydrogen (secondary N) is 1. The number of hydrogen-bond acceptors (Lipinski definition) is 5. The van der Waals surface area contributed by atoms with Gasteiger partial charge < -0.3 is 10.2 Å². The Bertz CT molecular complexity index is 832. The van der Waals surface area contributed by atoms with E-state index in [-0.39, 0.29) is 16.5 Å². The molecule has 0 atom stereocenters. The number of anilines is 1. The summed E-state index contributed by atoms with van der Waals surface area (Å²) >= 11 is 6.25. The summed E-state index contributed by atoms with van der Waals surface area (Å²) in [5.74, 6) is 0.127. The van der Waals surface area contributed by atoms with E-state index >= 15 is 0 Å². The molecule has 1 saturated heterocycles. The van der Waals surface area contributed by atoms with Gasteiger partial charge in [0.25, 0.3) is 5.56 Å². The second kappa shape index (κ2) is 9.01. The predicted molar refractivity (Wildman–Crippen MR) is 106 cm³/mol. The molecule has 0 saturated carbocycles. The molecule has 1 aromatic heterocycles. The molecule has 0 unspecified atom stereocenters. The van der Waals surface area contributed by atoms with Crippen molar-refractivity contribution in [1.82, 2.24) is 19.6 Å². The summed E-state index contributed by atoms with van der Waals surface area (Å²) in [4.78, 5) is 27.9. The molecule has 1 fully saturated rings. The highest BCUT2D eigenvalue weighted by Gasteiger charge is 2.18. The molecular formula is C19H24ClN5O2. The summed E-state index contributed by atoms with van der Waals surface area (Å²) in [5, 5.41) is 7.58. The van der Waals surface area contributed by atoms with Crippen molar-refractivity contribution in [3.05, 3.63) is 57.5 Å². The van der Waals surface area contributed by atoms with E-state index in [1.54, 1.807) is 13.1 Å². The molecule has 2 aromatic rings. The highest BCUT2D eigenvalue weighted by atomic mass is 35.5. The first-order chi connectivity index (χ1) is 13.0. The van der Waals surface area contributed by atoms with Gasteiger partial charge in [-0.2, -0.15) is 5.10 Å². The maximum absolute atomic E-state index is 12.4. The van der Waals surface area contributed by atoms with Crippen molar-refractivity contribution in [1.29, 1.82) is 0 Å². The fourth-order valence-electron chi connectivity index (χ4n) is 3.09. The molecule has 144 valence electrons. The van der Waals surface area contributed by atoms with Crippen LogP contribution in [0.25, 0.3) is 0 Å². The van der Waals surface area contributed by atoms with Crippen molar-refractivity contribution in [3.63, 3.8) is 0 Å². The van der Waals surface area contributed by atoms with Crippen LogP contribution in [-0.4, -0.2) is 64.8 Å². The lowest BCUT2D eigenvalue weighted by atomic mass is 10.2. The molecule has 27 heavy (non-hydrogen) atoms. The van der Waals surface area contributed by atoms with Crippen LogP contribution < -0.4 is 10.9 Å². The Morgan fingerprint density at radius 3 is 2.56 bits per heavy atom. The van der Waals surface area contributed by atoms with Gasteiger partial charge in [-0.1, -0.05) is 41.9 Å². The van der Waals surface area contributed by atoms with E-state index in [9.17, 15) is 9.59 Å². The molecule has 1 N–H and O–H groups in total. The summed E-state index contributed by atoms with van der Waals surface area (Å²) in [6, 6.07) is 9.67. The van der Waals surface area contributed by atoms with E-state index in [0.29, 0.717) is 18.8 Å².